The van der Waals surface area contributed by atoms with Crippen LogP contribution in [0.2, 0.25) is 0 Å². The van der Waals surface area contributed by atoms with Crippen molar-refractivity contribution in [2.24, 2.45) is 0 Å². The molecule has 2 aliphatic heterocycles. The van der Waals surface area contributed by atoms with Gasteiger partial charge in [0.15, 0.2) is 0 Å². The highest BCUT2D eigenvalue weighted by molar-refractivity contribution is 6.05. The van der Waals surface area contributed by atoms with Crippen molar-refractivity contribution < 1.29 is 4.42 Å². The Bertz CT molecular complexity index is 1360. The number of fused-ring (bicyclic) bond motifs is 1. The lowest BCUT2D eigenvalue weighted by molar-refractivity contribution is 0.148. The lowest BCUT2D eigenvalue weighted by Gasteiger charge is -2.32. The normalized spacial score (nSPS) is 17.8. The predicted octanol–water partition coefficient (Wildman–Crippen LogP) is 3.33. The standard InChI is InChI=1S/C30H37N7O/c1-35-17-19-37(20-18-35)21-22-7-9-24(10-8-22)28-26(23-5-3-2-4-6-23)27-29(31)33-25(34-30(27)38-28)11-14-36-15-12-32-13-16-36/h2-10,32H,11-21H2,1H3,(H2,31,33,34). The summed E-state index contributed by atoms with van der Waals surface area (Å²) in [6.45, 7) is 10.5. The van der Waals surface area contributed by atoms with E-state index in [1.807, 2.05) is 18.2 Å². The molecule has 2 aromatic carbocycles. The van der Waals surface area contributed by atoms with Crippen molar-refractivity contribution in [3.8, 4) is 22.5 Å². The largest absolute Gasteiger partial charge is 0.437 e. The van der Waals surface area contributed by atoms with Crippen LogP contribution in [0.25, 0.3) is 33.6 Å². The summed E-state index contributed by atoms with van der Waals surface area (Å²) in [5.41, 5.74) is 11.5. The topological polar surface area (TPSA) is 86.7 Å². The van der Waals surface area contributed by atoms with Crippen LogP contribution in [-0.2, 0) is 13.0 Å². The molecule has 4 heterocycles. The van der Waals surface area contributed by atoms with Gasteiger partial charge in [-0.1, -0.05) is 54.6 Å². The summed E-state index contributed by atoms with van der Waals surface area (Å²) in [4.78, 5) is 16.9. The molecule has 2 fully saturated rings. The number of hydrogen-bond acceptors (Lipinski definition) is 8. The van der Waals surface area contributed by atoms with Crippen molar-refractivity contribution in [1.29, 1.82) is 0 Å². The molecule has 0 amide bonds. The van der Waals surface area contributed by atoms with Gasteiger partial charge in [-0.2, -0.15) is 4.98 Å². The Morgan fingerprint density at radius 3 is 2.32 bits per heavy atom. The Kier molecular flexibility index (Phi) is 7.38. The van der Waals surface area contributed by atoms with Gasteiger partial charge in [-0.3, -0.25) is 4.90 Å². The molecule has 198 valence electrons. The van der Waals surface area contributed by atoms with Crippen LogP contribution in [-0.4, -0.2) is 90.6 Å². The molecule has 3 N–H and O–H groups in total. The maximum absolute atomic E-state index is 6.59. The molecule has 0 saturated carbocycles. The van der Waals surface area contributed by atoms with Gasteiger partial charge in [0.1, 0.15) is 17.4 Å². The van der Waals surface area contributed by atoms with Crippen molar-refractivity contribution in [1.82, 2.24) is 30.0 Å². The number of nitrogens with zero attached hydrogens (tertiary/aromatic N) is 5. The fraction of sp³-hybridized carbons (Fsp3) is 0.400. The number of likely N-dealkylation sites (N-methyl/N-ethyl adjacent to an activating group) is 1. The first kappa shape index (κ1) is 25.0. The van der Waals surface area contributed by atoms with Crippen LogP contribution < -0.4 is 11.1 Å². The highest BCUT2D eigenvalue weighted by Gasteiger charge is 2.23. The molecule has 2 aliphatic rings. The van der Waals surface area contributed by atoms with E-state index in [0.29, 0.717) is 11.5 Å². The lowest BCUT2D eigenvalue weighted by atomic mass is 9.98. The van der Waals surface area contributed by atoms with Gasteiger partial charge in [0, 0.05) is 83.0 Å². The Morgan fingerprint density at radius 1 is 0.842 bits per heavy atom. The minimum absolute atomic E-state index is 0.478. The number of nitrogen functional groups attached to an aromatic ring is 1. The highest BCUT2D eigenvalue weighted by atomic mass is 16.3. The van der Waals surface area contributed by atoms with Gasteiger partial charge in [0.2, 0.25) is 5.71 Å². The number of piperazine rings is 2. The third-order valence-electron chi connectivity index (χ3n) is 7.77. The first-order valence-corrected chi connectivity index (χ1v) is 13.7. The molecule has 0 aliphatic carbocycles. The van der Waals surface area contributed by atoms with Gasteiger partial charge in [0.05, 0.1) is 5.39 Å². The summed E-state index contributed by atoms with van der Waals surface area (Å²) in [7, 11) is 2.19. The first-order valence-electron chi connectivity index (χ1n) is 13.7. The van der Waals surface area contributed by atoms with Gasteiger partial charge in [-0.25, -0.2) is 4.98 Å². The maximum Gasteiger partial charge on any atom is 0.232 e. The smallest absolute Gasteiger partial charge is 0.232 e. The van der Waals surface area contributed by atoms with Crippen LogP contribution in [0.5, 0.6) is 0 Å². The summed E-state index contributed by atoms with van der Waals surface area (Å²) in [6, 6.07) is 19.0. The van der Waals surface area contributed by atoms with E-state index in [2.05, 4.69) is 63.5 Å². The summed E-state index contributed by atoms with van der Waals surface area (Å²) in [5.74, 6) is 2.00. The molecular formula is C30H37N7O. The van der Waals surface area contributed by atoms with E-state index in [4.69, 9.17) is 20.1 Å². The zero-order valence-electron chi connectivity index (χ0n) is 22.2. The number of nitrogens with one attached hydrogen (secondary N) is 1. The van der Waals surface area contributed by atoms with Crippen molar-refractivity contribution in [2.75, 3.05) is 71.7 Å². The van der Waals surface area contributed by atoms with Gasteiger partial charge in [-0.15, -0.1) is 0 Å². The number of aromatic nitrogens is 2. The van der Waals surface area contributed by atoms with Crippen LogP contribution in [0.15, 0.2) is 59.0 Å². The predicted molar refractivity (Wildman–Crippen MR) is 153 cm³/mol. The molecule has 8 nitrogen and oxygen atoms in total. The molecule has 0 spiro atoms. The molecule has 2 aromatic heterocycles. The van der Waals surface area contributed by atoms with Gasteiger partial charge >= 0.3 is 0 Å². The molecular weight excluding hydrogens is 474 g/mol. The van der Waals surface area contributed by atoms with Crippen molar-refractivity contribution in [2.45, 2.75) is 13.0 Å². The average Bonchev–Trinajstić information content (AvgIpc) is 3.35. The van der Waals surface area contributed by atoms with E-state index in [9.17, 15) is 0 Å². The molecule has 8 heteroatoms. The number of benzene rings is 2. The number of nitrogens with two attached hydrogens (primary N) is 1. The second-order valence-electron chi connectivity index (χ2n) is 10.5. The summed E-state index contributed by atoms with van der Waals surface area (Å²) < 4.78 is 6.48. The van der Waals surface area contributed by atoms with Crippen LogP contribution >= 0.6 is 0 Å². The molecule has 6 rings (SSSR count). The number of rotatable bonds is 7. The van der Waals surface area contributed by atoms with E-state index in [0.717, 1.165) is 106 Å². The minimum Gasteiger partial charge on any atom is -0.437 e. The van der Waals surface area contributed by atoms with Crippen LogP contribution in [0.4, 0.5) is 5.82 Å². The van der Waals surface area contributed by atoms with Gasteiger partial charge in [0.25, 0.3) is 0 Å². The molecule has 0 unspecified atom stereocenters. The summed E-state index contributed by atoms with van der Waals surface area (Å²) in [5, 5.41) is 4.19. The average molecular weight is 512 g/mol. The Balaban J connectivity index is 1.31. The highest BCUT2D eigenvalue weighted by Crippen LogP contribution is 2.42. The van der Waals surface area contributed by atoms with Crippen molar-refractivity contribution >= 4 is 16.9 Å². The fourth-order valence-corrected chi connectivity index (χ4v) is 5.49. The molecule has 0 radical (unpaired) electrons. The molecule has 0 bridgehead atoms. The zero-order chi connectivity index (χ0) is 25.9. The zero-order valence-corrected chi connectivity index (χ0v) is 22.2. The van der Waals surface area contributed by atoms with Crippen LogP contribution in [0.3, 0.4) is 0 Å². The summed E-state index contributed by atoms with van der Waals surface area (Å²) >= 11 is 0. The number of furan rings is 1. The lowest BCUT2D eigenvalue weighted by Crippen LogP contribution is -2.44. The Morgan fingerprint density at radius 2 is 1.58 bits per heavy atom. The summed E-state index contributed by atoms with van der Waals surface area (Å²) in [6.07, 6.45) is 0.748. The maximum atomic E-state index is 6.59. The fourth-order valence-electron chi connectivity index (χ4n) is 5.49. The quantitative estimate of drug-likeness (QED) is 0.391. The number of hydrogen-bond donors (Lipinski definition) is 2. The third-order valence-corrected chi connectivity index (χ3v) is 7.77. The Hall–Kier alpha value is -3.30. The van der Waals surface area contributed by atoms with Gasteiger partial charge < -0.3 is 25.3 Å². The van der Waals surface area contributed by atoms with E-state index in [-0.39, 0.29) is 0 Å². The second-order valence-corrected chi connectivity index (χ2v) is 10.5. The minimum atomic E-state index is 0.478. The van der Waals surface area contributed by atoms with E-state index in [1.165, 1.54) is 5.56 Å². The monoisotopic (exact) mass is 511 g/mol. The molecule has 38 heavy (non-hydrogen) atoms. The van der Waals surface area contributed by atoms with Crippen LogP contribution in [0.1, 0.15) is 11.4 Å². The molecule has 4 aromatic rings. The Labute approximate surface area is 224 Å². The third kappa shape index (κ3) is 5.44. The van der Waals surface area contributed by atoms with E-state index < -0.39 is 0 Å². The van der Waals surface area contributed by atoms with Crippen molar-refractivity contribution in [3.63, 3.8) is 0 Å². The molecule has 2 saturated heterocycles. The van der Waals surface area contributed by atoms with Crippen LogP contribution in [0, 0.1) is 0 Å². The SMILES string of the molecule is CN1CCN(Cc2ccc(-c3oc4nc(CCN5CCNCC5)nc(N)c4c3-c3ccccc3)cc2)CC1. The number of anilines is 1. The first-order chi connectivity index (χ1) is 18.6. The van der Waals surface area contributed by atoms with E-state index >= 15 is 0 Å². The van der Waals surface area contributed by atoms with Gasteiger partial charge in [-0.05, 0) is 18.2 Å². The molecule has 0 atom stereocenters. The van der Waals surface area contributed by atoms with E-state index in [1.54, 1.807) is 0 Å². The second kappa shape index (κ2) is 11.2. The van der Waals surface area contributed by atoms with Crippen molar-refractivity contribution in [3.05, 3.63) is 66.0 Å².